The molecule has 1 amide bonds. The molecule has 5 nitrogen and oxygen atoms in total. The van der Waals surface area contributed by atoms with E-state index in [1.54, 1.807) is 18.2 Å². The first kappa shape index (κ1) is 14.7. The Morgan fingerprint density at radius 2 is 2.00 bits per heavy atom. The molecular weight excluding hydrogens is 256 g/mol. The predicted octanol–water partition coefficient (Wildman–Crippen LogP) is 2.09. The lowest BCUT2D eigenvalue weighted by atomic mass is 9.97. The third kappa shape index (κ3) is 2.72. The molecule has 1 aromatic carbocycles. The molecule has 0 aliphatic carbocycles. The van der Waals surface area contributed by atoms with Crippen LogP contribution < -0.4 is 16.2 Å². The minimum Gasteiger partial charge on any atom is -0.484 e. The molecule has 1 fully saturated rings. The van der Waals surface area contributed by atoms with Crippen molar-refractivity contribution in [3.05, 3.63) is 23.8 Å². The van der Waals surface area contributed by atoms with Crippen molar-refractivity contribution < 1.29 is 14.3 Å². The fraction of sp³-hybridized carbons (Fsp3) is 0.533. The number of rotatable bonds is 3. The molecule has 1 heterocycles. The number of hydrogen-bond acceptors (Lipinski definition) is 4. The van der Waals surface area contributed by atoms with E-state index in [2.05, 4.69) is 0 Å². The van der Waals surface area contributed by atoms with Gasteiger partial charge in [-0.2, -0.15) is 0 Å². The zero-order chi connectivity index (χ0) is 15.1. The lowest BCUT2D eigenvalue weighted by Crippen LogP contribution is -2.37. The highest BCUT2D eigenvalue weighted by Gasteiger charge is 2.47. The van der Waals surface area contributed by atoms with Crippen LogP contribution in [0.2, 0.25) is 0 Å². The van der Waals surface area contributed by atoms with Crippen molar-refractivity contribution in [1.82, 2.24) is 0 Å². The molecule has 20 heavy (non-hydrogen) atoms. The lowest BCUT2D eigenvalue weighted by Gasteiger charge is -2.28. The van der Waals surface area contributed by atoms with Gasteiger partial charge in [0.05, 0.1) is 16.9 Å². The minimum absolute atomic E-state index is 0.194. The van der Waals surface area contributed by atoms with Gasteiger partial charge >= 0.3 is 0 Å². The first-order valence-electron chi connectivity index (χ1n) is 6.67. The van der Waals surface area contributed by atoms with Gasteiger partial charge in [0.1, 0.15) is 11.7 Å². The molecule has 110 valence electrons. The van der Waals surface area contributed by atoms with Crippen LogP contribution in [0.5, 0.6) is 5.75 Å². The SMILES string of the molecule is CC1(C)CC(Oc2c(N)cccc2C(N)=O)C(C)(C)O1. The molecule has 1 aromatic rings. The number of nitrogens with two attached hydrogens (primary N) is 2. The van der Waals surface area contributed by atoms with E-state index in [9.17, 15) is 4.79 Å². The van der Waals surface area contributed by atoms with E-state index in [-0.39, 0.29) is 11.7 Å². The molecule has 4 N–H and O–H groups in total. The lowest BCUT2D eigenvalue weighted by molar-refractivity contribution is -0.0845. The van der Waals surface area contributed by atoms with Crippen molar-refractivity contribution in [2.45, 2.75) is 51.4 Å². The van der Waals surface area contributed by atoms with Crippen molar-refractivity contribution >= 4 is 11.6 Å². The van der Waals surface area contributed by atoms with Crippen molar-refractivity contribution in [2.24, 2.45) is 5.73 Å². The second kappa shape index (κ2) is 4.66. The van der Waals surface area contributed by atoms with Crippen LogP contribution in [0.4, 0.5) is 5.69 Å². The molecule has 0 bridgehead atoms. The van der Waals surface area contributed by atoms with Crippen LogP contribution in [0.1, 0.15) is 44.5 Å². The molecule has 1 saturated heterocycles. The second-order valence-corrected chi connectivity index (χ2v) is 6.36. The van der Waals surface area contributed by atoms with Gasteiger partial charge in [-0.3, -0.25) is 4.79 Å². The van der Waals surface area contributed by atoms with Gasteiger partial charge in [0.2, 0.25) is 0 Å². The smallest absolute Gasteiger partial charge is 0.252 e. The van der Waals surface area contributed by atoms with Gasteiger partial charge in [-0.05, 0) is 39.8 Å². The largest absolute Gasteiger partial charge is 0.484 e. The summed E-state index contributed by atoms with van der Waals surface area (Å²) in [4.78, 5) is 11.5. The summed E-state index contributed by atoms with van der Waals surface area (Å²) in [7, 11) is 0. The molecule has 0 saturated carbocycles. The van der Waals surface area contributed by atoms with E-state index in [4.69, 9.17) is 20.9 Å². The van der Waals surface area contributed by atoms with E-state index in [1.807, 2.05) is 27.7 Å². The summed E-state index contributed by atoms with van der Waals surface area (Å²) < 4.78 is 12.0. The third-order valence-corrected chi connectivity index (χ3v) is 3.56. The highest BCUT2D eigenvalue weighted by Crippen LogP contribution is 2.41. The van der Waals surface area contributed by atoms with Gasteiger partial charge in [-0.25, -0.2) is 0 Å². The summed E-state index contributed by atoms with van der Waals surface area (Å²) in [5.74, 6) is -0.206. The Balaban J connectivity index is 2.34. The number of hydrogen-bond donors (Lipinski definition) is 2. The molecule has 0 radical (unpaired) electrons. The number of anilines is 1. The van der Waals surface area contributed by atoms with E-state index < -0.39 is 11.5 Å². The van der Waals surface area contributed by atoms with Crippen LogP contribution in [0.3, 0.4) is 0 Å². The quantitative estimate of drug-likeness (QED) is 0.829. The third-order valence-electron chi connectivity index (χ3n) is 3.56. The zero-order valence-corrected chi connectivity index (χ0v) is 12.4. The number of amides is 1. The van der Waals surface area contributed by atoms with Gasteiger partial charge in [-0.15, -0.1) is 0 Å². The Kier molecular flexibility index (Phi) is 3.42. The predicted molar refractivity (Wildman–Crippen MR) is 77.6 cm³/mol. The number of primary amides is 1. The van der Waals surface area contributed by atoms with Gasteiger partial charge < -0.3 is 20.9 Å². The first-order chi connectivity index (χ1) is 9.12. The van der Waals surface area contributed by atoms with Gasteiger partial charge in [0.25, 0.3) is 5.91 Å². The Hall–Kier alpha value is -1.75. The topological polar surface area (TPSA) is 87.6 Å². The highest BCUT2D eigenvalue weighted by molar-refractivity contribution is 5.97. The summed E-state index contributed by atoms with van der Waals surface area (Å²) >= 11 is 0. The van der Waals surface area contributed by atoms with E-state index >= 15 is 0 Å². The molecule has 1 atom stereocenters. The van der Waals surface area contributed by atoms with Crippen molar-refractivity contribution in [2.75, 3.05) is 5.73 Å². The Morgan fingerprint density at radius 3 is 2.50 bits per heavy atom. The minimum atomic E-state index is -0.553. The van der Waals surface area contributed by atoms with Gasteiger partial charge in [0.15, 0.2) is 5.75 Å². The van der Waals surface area contributed by atoms with Gasteiger partial charge in [0, 0.05) is 6.42 Å². The normalized spacial score (nSPS) is 23.5. The van der Waals surface area contributed by atoms with E-state index in [1.165, 1.54) is 0 Å². The van der Waals surface area contributed by atoms with E-state index in [0.29, 0.717) is 23.4 Å². The van der Waals surface area contributed by atoms with Gasteiger partial charge in [-0.1, -0.05) is 6.07 Å². The van der Waals surface area contributed by atoms with Crippen LogP contribution in [-0.4, -0.2) is 23.2 Å². The molecular formula is C15H22N2O3. The maximum absolute atomic E-state index is 11.5. The van der Waals surface area contributed by atoms with E-state index in [0.717, 1.165) is 0 Å². The number of benzene rings is 1. The monoisotopic (exact) mass is 278 g/mol. The number of carbonyl (C=O) groups is 1. The molecule has 0 spiro atoms. The Morgan fingerprint density at radius 1 is 1.35 bits per heavy atom. The van der Waals surface area contributed by atoms with Crippen molar-refractivity contribution in [1.29, 1.82) is 0 Å². The average molecular weight is 278 g/mol. The highest BCUT2D eigenvalue weighted by atomic mass is 16.6. The molecule has 1 unspecified atom stereocenters. The zero-order valence-electron chi connectivity index (χ0n) is 12.4. The van der Waals surface area contributed by atoms with Crippen molar-refractivity contribution in [3.63, 3.8) is 0 Å². The Bertz CT molecular complexity index is 538. The Labute approximate surface area is 119 Å². The number of para-hydroxylation sites is 1. The molecule has 1 aliphatic heterocycles. The van der Waals surface area contributed by atoms with Crippen molar-refractivity contribution in [3.8, 4) is 5.75 Å². The summed E-state index contributed by atoms with van der Waals surface area (Å²) in [6.07, 6.45) is 0.521. The number of nitrogen functional groups attached to an aromatic ring is 1. The summed E-state index contributed by atoms with van der Waals surface area (Å²) in [6.45, 7) is 7.97. The van der Waals surface area contributed by atoms with Crippen LogP contribution in [0.15, 0.2) is 18.2 Å². The molecule has 0 aromatic heterocycles. The van der Waals surface area contributed by atoms with Crippen LogP contribution in [-0.2, 0) is 4.74 Å². The number of carbonyl (C=O) groups excluding carboxylic acids is 1. The maximum atomic E-state index is 11.5. The summed E-state index contributed by atoms with van der Waals surface area (Å²) in [6, 6.07) is 4.99. The van der Waals surface area contributed by atoms with Crippen LogP contribution >= 0.6 is 0 Å². The summed E-state index contributed by atoms with van der Waals surface area (Å²) in [5, 5.41) is 0. The molecule has 2 rings (SSSR count). The standard InChI is InChI=1S/C15H22N2O3/c1-14(2)8-11(15(3,4)20-14)19-12-9(13(17)18)6-5-7-10(12)16/h5-7,11H,8,16H2,1-4H3,(H2,17,18). The molecule has 1 aliphatic rings. The van der Waals surface area contributed by atoms with Crippen LogP contribution in [0, 0.1) is 0 Å². The maximum Gasteiger partial charge on any atom is 0.252 e. The summed E-state index contributed by atoms with van der Waals surface area (Å²) in [5.41, 5.74) is 11.3. The number of ether oxygens (including phenoxy) is 2. The fourth-order valence-corrected chi connectivity index (χ4v) is 2.72. The fourth-order valence-electron chi connectivity index (χ4n) is 2.72. The average Bonchev–Trinajstić information content (AvgIpc) is 2.49. The van der Waals surface area contributed by atoms with Crippen LogP contribution in [0.25, 0.3) is 0 Å². The second-order valence-electron chi connectivity index (χ2n) is 6.36. The first-order valence-corrected chi connectivity index (χ1v) is 6.67. The molecule has 5 heteroatoms.